The van der Waals surface area contributed by atoms with Crippen LogP contribution in [0.3, 0.4) is 0 Å². The summed E-state index contributed by atoms with van der Waals surface area (Å²) in [6.07, 6.45) is 4.71. The fraction of sp³-hybridized carbons (Fsp3) is 0.214. The molecular weight excluding hydrogens is 313 g/mol. The molecule has 0 bridgehead atoms. The molecule has 0 fully saturated rings. The maximum atomic E-state index is 11.7. The molecule has 112 valence electrons. The molecule has 1 heterocycles. The minimum Gasteiger partial charge on any atom is -0.312 e. The lowest BCUT2D eigenvalue weighted by Crippen LogP contribution is -2.39. The van der Waals surface area contributed by atoms with Crippen LogP contribution in [0, 0.1) is 6.92 Å². The van der Waals surface area contributed by atoms with Gasteiger partial charge >= 0.3 is 6.09 Å². The van der Waals surface area contributed by atoms with Gasteiger partial charge in [0.25, 0.3) is 0 Å². The Morgan fingerprint density at radius 2 is 1.90 bits per heavy atom. The van der Waals surface area contributed by atoms with Crippen molar-refractivity contribution in [1.29, 1.82) is 0 Å². The Morgan fingerprint density at radius 1 is 1.29 bits per heavy atom. The molecular formula is C14H15Cl2N3O2. The summed E-state index contributed by atoms with van der Waals surface area (Å²) in [7, 11) is 3.20. The molecule has 1 aromatic carbocycles. The molecule has 0 aromatic heterocycles. The molecule has 2 rings (SSSR count). The number of carbonyl (C=O) groups is 1. The van der Waals surface area contributed by atoms with E-state index in [1.165, 1.54) is 10.1 Å². The smallest absolute Gasteiger partial charge is 0.312 e. The second-order valence-electron chi connectivity index (χ2n) is 4.65. The first kappa shape index (κ1) is 15.5. The van der Waals surface area contributed by atoms with Crippen LogP contribution in [0.5, 0.6) is 0 Å². The van der Waals surface area contributed by atoms with Gasteiger partial charge in [-0.3, -0.25) is 5.43 Å². The zero-order valence-corrected chi connectivity index (χ0v) is 13.4. The summed E-state index contributed by atoms with van der Waals surface area (Å²) in [4.78, 5) is 18.3. The number of nitrogens with one attached hydrogen (secondary N) is 1. The van der Waals surface area contributed by atoms with E-state index >= 15 is 0 Å². The van der Waals surface area contributed by atoms with Gasteiger partial charge < -0.3 is 9.74 Å². The molecule has 1 amide bonds. The topological polar surface area (TPSA) is 44.8 Å². The molecule has 1 N–H and O–H groups in total. The van der Waals surface area contributed by atoms with Gasteiger partial charge in [0.05, 0.1) is 0 Å². The number of benzene rings is 1. The molecule has 0 atom stereocenters. The quantitative estimate of drug-likeness (QED) is 0.901. The predicted octanol–water partition coefficient (Wildman–Crippen LogP) is 3.59. The molecule has 0 unspecified atom stereocenters. The zero-order chi connectivity index (χ0) is 15.6. The van der Waals surface area contributed by atoms with Crippen molar-refractivity contribution in [2.45, 2.75) is 6.92 Å². The fourth-order valence-corrected chi connectivity index (χ4v) is 2.12. The highest BCUT2D eigenvalue weighted by atomic mass is 35.5. The van der Waals surface area contributed by atoms with E-state index in [2.05, 4.69) is 5.43 Å². The minimum atomic E-state index is -0.506. The molecule has 0 spiro atoms. The van der Waals surface area contributed by atoms with E-state index in [9.17, 15) is 4.79 Å². The lowest BCUT2D eigenvalue weighted by Gasteiger charge is -2.28. The first-order chi connectivity index (χ1) is 9.90. The van der Waals surface area contributed by atoms with E-state index in [0.29, 0.717) is 15.7 Å². The molecule has 5 nitrogen and oxygen atoms in total. The van der Waals surface area contributed by atoms with Gasteiger partial charge in [0.2, 0.25) is 0 Å². The first-order valence-corrected chi connectivity index (χ1v) is 6.94. The third-order valence-electron chi connectivity index (χ3n) is 2.87. The van der Waals surface area contributed by atoms with Crippen LogP contribution in [0.2, 0.25) is 10.0 Å². The van der Waals surface area contributed by atoms with Crippen molar-refractivity contribution in [1.82, 2.24) is 15.5 Å². The number of rotatable bonds is 2. The Kier molecular flexibility index (Phi) is 4.65. The van der Waals surface area contributed by atoms with Gasteiger partial charge in [-0.2, -0.15) is 0 Å². The number of carbonyl (C=O) groups excluding carboxylic acids is 1. The maximum absolute atomic E-state index is 11.7. The van der Waals surface area contributed by atoms with Crippen LogP contribution in [0.1, 0.15) is 11.1 Å². The number of hydrazine groups is 1. The number of nitrogens with zero attached hydrogens (tertiary/aromatic N) is 2. The highest BCUT2D eigenvalue weighted by molar-refractivity contribution is 6.36. The third-order valence-corrected chi connectivity index (χ3v) is 3.66. The SMILES string of the molecule is Cc1c(Cl)cc(C2=CC=CNN2OC(=O)N(C)C)cc1Cl. The molecule has 7 heteroatoms. The fourth-order valence-electron chi connectivity index (χ4n) is 1.63. The second-order valence-corrected chi connectivity index (χ2v) is 5.47. The average Bonchev–Trinajstić information content (AvgIpc) is 2.44. The highest BCUT2D eigenvalue weighted by Crippen LogP contribution is 2.30. The van der Waals surface area contributed by atoms with Gasteiger partial charge in [-0.05, 0) is 36.8 Å². The number of hydrogen-bond acceptors (Lipinski definition) is 4. The van der Waals surface area contributed by atoms with Gasteiger partial charge in [0.15, 0.2) is 0 Å². The predicted molar refractivity (Wildman–Crippen MR) is 83.5 cm³/mol. The van der Waals surface area contributed by atoms with Gasteiger partial charge in [0.1, 0.15) is 5.70 Å². The van der Waals surface area contributed by atoms with Crippen molar-refractivity contribution in [2.24, 2.45) is 0 Å². The lowest BCUT2D eigenvalue weighted by atomic mass is 10.1. The molecule has 0 saturated carbocycles. The number of halogens is 2. The average molecular weight is 328 g/mol. The van der Waals surface area contributed by atoms with Crippen molar-refractivity contribution < 1.29 is 9.63 Å². The van der Waals surface area contributed by atoms with Crippen molar-refractivity contribution in [2.75, 3.05) is 14.1 Å². The van der Waals surface area contributed by atoms with E-state index in [4.69, 9.17) is 28.0 Å². The van der Waals surface area contributed by atoms with E-state index in [0.717, 1.165) is 11.1 Å². The summed E-state index contributed by atoms with van der Waals surface area (Å²) in [5.41, 5.74) is 5.00. The van der Waals surface area contributed by atoms with Crippen molar-refractivity contribution in [3.05, 3.63) is 51.7 Å². The summed E-state index contributed by atoms with van der Waals surface area (Å²) in [6, 6.07) is 3.54. The molecule has 21 heavy (non-hydrogen) atoms. The Labute approximate surface area is 133 Å². The van der Waals surface area contributed by atoms with Gasteiger partial charge in [-0.25, -0.2) is 4.79 Å². The van der Waals surface area contributed by atoms with Gasteiger partial charge in [-0.15, -0.1) is 5.17 Å². The number of hydrogen-bond donors (Lipinski definition) is 1. The van der Waals surface area contributed by atoms with Gasteiger partial charge in [-0.1, -0.05) is 23.2 Å². The molecule has 0 radical (unpaired) electrons. The largest absolute Gasteiger partial charge is 0.435 e. The zero-order valence-electron chi connectivity index (χ0n) is 11.9. The molecule has 1 aliphatic heterocycles. The van der Waals surface area contributed by atoms with Gasteiger partial charge in [0, 0.05) is 35.9 Å². The monoisotopic (exact) mass is 327 g/mol. The highest BCUT2D eigenvalue weighted by Gasteiger charge is 2.20. The summed E-state index contributed by atoms with van der Waals surface area (Å²) in [5.74, 6) is 0. The Balaban J connectivity index is 2.33. The van der Waals surface area contributed by atoms with E-state index < -0.39 is 6.09 Å². The Morgan fingerprint density at radius 3 is 2.48 bits per heavy atom. The standard InChI is InChI=1S/C14H15Cl2N3O2/c1-9-11(15)7-10(8-12(9)16)13-5-4-6-17-19(13)21-14(20)18(2)3/h4-8,17H,1-3H3. The van der Waals surface area contributed by atoms with Crippen LogP contribution in [-0.4, -0.2) is 30.3 Å². The second kappa shape index (κ2) is 6.28. The number of hydroxylamine groups is 1. The summed E-state index contributed by atoms with van der Waals surface area (Å²) >= 11 is 12.3. The Hall–Kier alpha value is -1.85. The normalized spacial score (nSPS) is 13.6. The van der Waals surface area contributed by atoms with Crippen LogP contribution >= 0.6 is 23.2 Å². The first-order valence-electron chi connectivity index (χ1n) is 6.18. The minimum absolute atomic E-state index is 0.506. The van der Waals surface area contributed by atoms with E-state index in [1.54, 1.807) is 44.6 Å². The molecule has 0 aliphatic carbocycles. The van der Waals surface area contributed by atoms with Crippen molar-refractivity contribution in [3.8, 4) is 0 Å². The van der Waals surface area contributed by atoms with Crippen LogP contribution in [-0.2, 0) is 4.84 Å². The summed E-state index contributed by atoms with van der Waals surface area (Å²) < 4.78 is 0. The van der Waals surface area contributed by atoms with E-state index in [1.807, 2.05) is 6.92 Å². The summed E-state index contributed by atoms with van der Waals surface area (Å²) in [6.45, 7) is 1.84. The Bertz CT molecular complexity index is 604. The number of amides is 1. The number of allylic oxidation sites excluding steroid dienone is 2. The molecule has 1 aliphatic rings. The molecule has 0 saturated heterocycles. The lowest BCUT2D eigenvalue weighted by molar-refractivity contribution is -0.0858. The van der Waals surface area contributed by atoms with Crippen molar-refractivity contribution >= 4 is 35.0 Å². The van der Waals surface area contributed by atoms with Crippen molar-refractivity contribution in [3.63, 3.8) is 0 Å². The van der Waals surface area contributed by atoms with Crippen LogP contribution < -0.4 is 5.43 Å². The third kappa shape index (κ3) is 3.43. The van der Waals surface area contributed by atoms with Crippen LogP contribution in [0.15, 0.2) is 30.5 Å². The van der Waals surface area contributed by atoms with Crippen LogP contribution in [0.25, 0.3) is 5.70 Å². The van der Waals surface area contributed by atoms with E-state index in [-0.39, 0.29) is 0 Å². The maximum Gasteiger partial charge on any atom is 0.435 e. The molecule has 1 aromatic rings. The van der Waals surface area contributed by atoms with Crippen LogP contribution in [0.4, 0.5) is 4.79 Å². The summed E-state index contributed by atoms with van der Waals surface area (Å²) in [5, 5.41) is 2.36.